The third kappa shape index (κ3) is 3.57. The number of methoxy groups -OCH3 is 1. The maximum atomic E-state index is 12.9. The quantitative estimate of drug-likeness (QED) is 0.804. The zero-order chi connectivity index (χ0) is 16.5. The highest BCUT2D eigenvalue weighted by molar-refractivity contribution is 7.89. The molecular formula is C15H21F2NO3S. The first kappa shape index (κ1) is 17.1. The van der Waals surface area contributed by atoms with Crippen molar-refractivity contribution in [2.45, 2.75) is 43.4 Å². The lowest BCUT2D eigenvalue weighted by Gasteiger charge is -2.38. The number of halogens is 2. The molecule has 0 spiro atoms. The van der Waals surface area contributed by atoms with Gasteiger partial charge in [0.1, 0.15) is 5.75 Å². The normalized spacial score (nSPS) is 19.7. The number of ether oxygens (including phenoxy) is 1. The fourth-order valence-electron chi connectivity index (χ4n) is 2.53. The van der Waals surface area contributed by atoms with Gasteiger partial charge < -0.3 is 4.74 Å². The predicted molar refractivity (Wildman–Crippen MR) is 80.8 cm³/mol. The van der Waals surface area contributed by atoms with Crippen molar-refractivity contribution in [3.63, 3.8) is 0 Å². The molecule has 0 aromatic heterocycles. The largest absolute Gasteiger partial charge is 0.497 e. The summed E-state index contributed by atoms with van der Waals surface area (Å²) < 4.78 is 56.7. The minimum atomic E-state index is -3.68. The molecule has 1 aromatic rings. The number of likely N-dealkylation sites (N-methyl/N-ethyl adjacent to an activating group) is 1. The molecule has 0 N–H and O–H groups in total. The van der Waals surface area contributed by atoms with Crippen LogP contribution in [0.4, 0.5) is 8.78 Å². The van der Waals surface area contributed by atoms with Crippen molar-refractivity contribution in [3.8, 4) is 5.75 Å². The van der Waals surface area contributed by atoms with Crippen LogP contribution in [0.5, 0.6) is 5.75 Å². The second kappa shape index (κ2) is 6.12. The van der Waals surface area contributed by atoms with E-state index < -0.39 is 34.0 Å². The Morgan fingerprint density at radius 1 is 1.32 bits per heavy atom. The second-order valence-electron chi connectivity index (χ2n) is 5.85. The van der Waals surface area contributed by atoms with Crippen molar-refractivity contribution in [1.29, 1.82) is 0 Å². The van der Waals surface area contributed by atoms with E-state index in [9.17, 15) is 17.2 Å². The molecular weight excluding hydrogens is 312 g/mol. The number of rotatable bonds is 6. The number of hydrogen-bond acceptors (Lipinski definition) is 3. The standard InChI is InChI=1S/C15H21F2NO3S/c1-11(8-12-4-6-13(21-3)7-5-12)18(2)22(19,20)14-9-15(16,17)10-14/h4-7,11,14H,8-10H2,1-3H3. The van der Waals surface area contributed by atoms with Gasteiger partial charge in [-0.2, -0.15) is 0 Å². The molecule has 1 atom stereocenters. The summed E-state index contributed by atoms with van der Waals surface area (Å²) in [5.74, 6) is -2.10. The van der Waals surface area contributed by atoms with E-state index >= 15 is 0 Å². The average molecular weight is 333 g/mol. The Labute approximate surface area is 130 Å². The maximum Gasteiger partial charge on any atom is 0.250 e. The van der Waals surface area contributed by atoms with Crippen LogP contribution in [0, 0.1) is 0 Å². The highest BCUT2D eigenvalue weighted by atomic mass is 32.2. The van der Waals surface area contributed by atoms with Gasteiger partial charge in [0.15, 0.2) is 0 Å². The summed E-state index contributed by atoms with van der Waals surface area (Å²) in [7, 11) is -0.643. The molecule has 0 radical (unpaired) electrons. The lowest BCUT2D eigenvalue weighted by atomic mass is 9.94. The number of benzene rings is 1. The van der Waals surface area contributed by atoms with Gasteiger partial charge in [-0.3, -0.25) is 0 Å². The molecule has 124 valence electrons. The molecule has 2 rings (SSSR count). The van der Waals surface area contributed by atoms with Crippen LogP contribution >= 0.6 is 0 Å². The van der Waals surface area contributed by atoms with E-state index in [1.165, 1.54) is 11.4 Å². The number of hydrogen-bond donors (Lipinski definition) is 0. The average Bonchev–Trinajstić information content (AvgIpc) is 2.44. The van der Waals surface area contributed by atoms with Crippen LogP contribution in [-0.4, -0.2) is 44.1 Å². The van der Waals surface area contributed by atoms with Gasteiger partial charge in [-0.15, -0.1) is 0 Å². The van der Waals surface area contributed by atoms with Crippen LogP contribution in [0.2, 0.25) is 0 Å². The summed E-state index contributed by atoms with van der Waals surface area (Å²) in [6, 6.07) is 7.06. The molecule has 0 aliphatic heterocycles. The molecule has 0 saturated heterocycles. The molecule has 1 aliphatic rings. The molecule has 0 amide bonds. The minimum absolute atomic E-state index is 0.299. The summed E-state index contributed by atoms with van der Waals surface area (Å²) in [5, 5.41) is -0.967. The lowest BCUT2D eigenvalue weighted by Crippen LogP contribution is -2.51. The Morgan fingerprint density at radius 3 is 2.32 bits per heavy atom. The van der Waals surface area contributed by atoms with Gasteiger partial charge in [0.25, 0.3) is 5.92 Å². The molecule has 0 heterocycles. The summed E-state index contributed by atoms with van der Waals surface area (Å²) in [4.78, 5) is 0. The van der Waals surface area contributed by atoms with E-state index in [0.29, 0.717) is 6.42 Å². The van der Waals surface area contributed by atoms with Crippen molar-refractivity contribution in [3.05, 3.63) is 29.8 Å². The molecule has 1 fully saturated rings. The van der Waals surface area contributed by atoms with Gasteiger partial charge in [0, 0.05) is 25.9 Å². The van der Waals surface area contributed by atoms with E-state index in [1.54, 1.807) is 14.0 Å². The fourth-order valence-corrected chi connectivity index (χ4v) is 4.49. The van der Waals surface area contributed by atoms with Crippen molar-refractivity contribution in [2.24, 2.45) is 0 Å². The molecule has 1 unspecified atom stereocenters. The first-order valence-electron chi connectivity index (χ1n) is 7.13. The highest BCUT2D eigenvalue weighted by Crippen LogP contribution is 2.42. The second-order valence-corrected chi connectivity index (χ2v) is 8.12. The highest BCUT2D eigenvalue weighted by Gasteiger charge is 2.52. The van der Waals surface area contributed by atoms with Gasteiger partial charge in [-0.05, 0) is 31.0 Å². The first-order valence-corrected chi connectivity index (χ1v) is 8.63. The van der Waals surface area contributed by atoms with Crippen LogP contribution in [0.25, 0.3) is 0 Å². The van der Waals surface area contributed by atoms with E-state index in [0.717, 1.165) is 11.3 Å². The third-order valence-electron chi connectivity index (χ3n) is 4.19. The zero-order valence-electron chi connectivity index (χ0n) is 12.9. The molecule has 7 heteroatoms. The van der Waals surface area contributed by atoms with E-state index in [4.69, 9.17) is 4.74 Å². The van der Waals surface area contributed by atoms with Gasteiger partial charge in [-0.25, -0.2) is 21.5 Å². The van der Waals surface area contributed by atoms with Gasteiger partial charge >= 0.3 is 0 Å². The number of alkyl halides is 2. The van der Waals surface area contributed by atoms with Crippen molar-refractivity contribution in [1.82, 2.24) is 4.31 Å². The molecule has 22 heavy (non-hydrogen) atoms. The van der Waals surface area contributed by atoms with E-state index in [2.05, 4.69) is 0 Å². The fraction of sp³-hybridized carbons (Fsp3) is 0.600. The van der Waals surface area contributed by atoms with Crippen LogP contribution in [0.1, 0.15) is 25.3 Å². The first-order chi connectivity index (χ1) is 10.2. The van der Waals surface area contributed by atoms with Crippen LogP contribution in [-0.2, 0) is 16.4 Å². The van der Waals surface area contributed by atoms with Gasteiger partial charge in [0.05, 0.1) is 12.4 Å². The van der Waals surface area contributed by atoms with Gasteiger partial charge in [0.2, 0.25) is 10.0 Å². The SMILES string of the molecule is COc1ccc(CC(C)N(C)S(=O)(=O)C2CC(F)(F)C2)cc1. The molecule has 1 saturated carbocycles. The van der Waals surface area contributed by atoms with Crippen LogP contribution in [0.3, 0.4) is 0 Å². The lowest BCUT2D eigenvalue weighted by molar-refractivity contribution is -0.0695. The Kier molecular flexibility index (Phi) is 4.77. The Morgan fingerprint density at radius 2 is 1.86 bits per heavy atom. The number of sulfonamides is 1. The Bertz CT molecular complexity index is 608. The predicted octanol–water partition coefficient (Wildman–Crippen LogP) is 2.69. The Hall–Kier alpha value is -1.21. The smallest absolute Gasteiger partial charge is 0.250 e. The topological polar surface area (TPSA) is 46.6 Å². The molecule has 1 aliphatic carbocycles. The summed E-state index contributed by atoms with van der Waals surface area (Å²) in [6.45, 7) is 1.78. The van der Waals surface area contributed by atoms with E-state index in [-0.39, 0.29) is 6.04 Å². The minimum Gasteiger partial charge on any atom is -0.497 e. The molecule has 0 bridgehead atoms. The molecule has 1 aromatic carbocycles. The molecule has 4 nitrogen and oxygen atoms in total. The summed E-state index contributed by atoms with van der Waals surface area (Å²) in [5.41, 5.74) is 0.967. The maximum absolute atomic E-state index is 12.9. The van der Waals surface area contributed by atoms with Crippen molar-refractivity contribution < 1.29 is 21.9 Å². The summed E-state index contributed by atoms with van der Waals surface area (Å²) >= 11 is 0. The zero-order valence-corrected chi connectivity index (χ0v) is 13.7. The summed E-state index contributed by atoms with van der Waals surface area (Å²) in [6.07, 6.45) is -0.632. The van der Waals surface area contributed by atoms with Crippen LogP contribution in [0.15, 0.2) is 24.3 Å². The van der Waals surface area contributed by atoms with Crippen molar-refractivity contribution in [2.75, 3.05) is 14.2 Å². The van der Waals surface area contributed by atoms with E-state index in [1.807, 2.05) is 24.3 Å². The monoisotopic (exact) mass is 333 g/mol. The van der Waals surface area contributed by atoms with Crippen LogP contribution < -0.4 is 4.74 Å². The number of nitrogens with zero attached hydrogens (tertiary/aromatic N) is 1. The van der Waals surface area contributed by atoms with Crippen molar-refractivity contribution >= 4 is 10.0 Å². The van der Waals surface area contributed by atoms with Gasteiger partial charge in [-0.1, -0.05) is 12.1 Å². The third-order valence-corrected chi connectivity index (χ3v) is 6.52. The Balaban J connectivity index is 2.00.